The van der Waals surface area contributed by atoms with E-state index in [2.05, 4.69) is 9.88 Å². The summed E-state index contributed by atoms with van der Waals surface area (Å²) in [6.45, 7) is 2.04. The van der Waals surface area contributed by atoms with Crippen LogP contribution in [0.3, 0.4) is 0 Å². The number of hydrogen-bond donors (Lipinski definition) is 1. The third-order valence-electron chi connectivity index (χ3n) is 6.01. The number of aromatic nitrogens is 1. The van der Waals surface area contributed by atoms with Crippen molar-refractivity contribution in [3.63, 3.8) is 0 Å². The van der Waals surface area contributed by atoms with E-state index in [9.17, 15) is 14.0 Å². The summed E-state index contributed by atoms with van der Waals surface area (Å²) in [6.07, 6.45) is 1.98. The zero-order valence-electron chi connectivity index (χ0n) is 19.2. The van der Waals surface area contributed by atoms with Crippen LogP contribution in [0.25, 0.3) is 0 Å². The Morgan fingerprint density at radius 1 is 1.06 bits per heavy atom. The van der Waals surface area contributed by atoms with Gasteiger partial charge in [-0.05, 0) is 35.4 Å². The molecule has 0 spiro atoms. The van der Waals surface area contributed by atoms with Crippen LogP contribution in [0.2, 0.25) is 0 Å². The maximum Gasteiger partial charge on any atom is 0.318 e. The fourth-order valence-corrected chi connectivity index (χ4v) is 4.24. The van der Waals surface area contributed by atoms with Crippen LogP contribution in [0, 0.1) is 5.82 Å². The molecule has 1 aliphatic heterocycles. The lowest BCUT2D eigenvalue weighted by Crippen LogP contribution is -2.50. The molecule has 8 heteroatoms. The van der Waals surface area contributed by atoms with Gasteiger partial charge in [-0.2, -0.15) is 0 Å². The highest BCUT2D eigenvalue weighted by Gasteiger charge is 2.33. The predicted molar refractivity (Wildman–Crippen MR) is 127 cm³/mol. The molecular formula is C26H29FN4O3. The molecule has 1 unspecified atom stereocenters. The molecule has 1 atom stereocenters. The Morgan fingerprint density at radius 3 is 2.56 bits per heavy atom. The Morgan fingerprint density at radius 2 is 1.82 bits per heavy atom. The maximum absolute atomic E-state index is 13.6. The third-order valence-corrected chi connectivity index (χ3v) is 6.01. The van der Waals surface area contributed by atoms with Gasteiger partial charge in [-0.1, -0.05) is 42.5 Å². The lowest BCUT2D eigenvalue weighted by molar-refractivity contribution is -0.134. The number of rotatable bonds is 8. The number of benzene rings is 2. The fourth-order valence-electron chi connectivity index (χ4n) is 4.24. The Balaban J connectivity index is 1.51. The van der Waals surface area contributed by atoms with Crippen molar-refractivity contribution in [1.82, 2.24) is 19.7 Å². The van der Waals surface area contributed by atoms with E-state index in [0.29, 0.717) is 26.2 Å². The van der Waals surface area contributed by atoms with Gasteiger partial charge in [0.25, 0.3) is 0 Å². The highest BCUT2D eigenvalue weighted by Crippen LogP contribution is 2.32. The molecule has 3 aromatic rings. The molecule has 178 valence electrons. The van der Waals surface area contributed by atoms with Gasteiger partial charge >= 0.3 is 6.03 Å². The minimum Gasteiger partial charge on any atom is -0.383 e. The van der Waals surface area contributed by atoms with Crippen LogP contribution < -0.4 is 5.32 Å². The van der Waals surface area contributed by atoms with Crippen LogP contribution in [0.1, 0.15) is 22.9 Å². The number of fused-ring (bicyclic) bond motifs is 1. The topological polar surface area (TPSA) is 66.8 Å². The van der Waals surface area contributed by atoms with E-state index in [1.807, 2.05) is 48.7 Å². The van der Waals surface area contributed by atoms with Gasteiger partial charge in [-0.3, -0.25) is 4.79 Å². The number of urea groups is 1. The molecule has 0 fully saturated rings. The van der Waals surface area contributed by atoms with Crippen molar-refractivity contribution < 1.29 is 18.7 Å². The van der Waals surface area contributed by atoms with Crippen LogP contribution in [-0.4, -0.2) is 59.7 Å². The first kappa shape index (κ1) is 23.5. The Bertz CT molecular complexity index is 1100. The van der Waals surface area contributed by atoms with Gasteiger partial charge in [0, 0.05) is 45.2 Å². The summed E-state index contributed by atoms with van der Waals surface area (Å²) in [5.74, 6) is -0.499. The van der Waals surface area contributed by atoms with E-state index in [1.54, 1.807) is 24.1 Å². The number of nitrogens with one attached hydrogen (secondary N) is 1. The molecule has 1 N–H and O–H groups in total. The Kier molecular flexibility index (Phi) is 7.59. The smallest absolute Gasteiger partial charge is 0.318 e. The SMILES string of the molecule is COCCN(CC(=O)N1CCn2cccc2C1c1ccc(F)cc1)C(=O)NCc1ccccc1. The molecule has 0 aliphatic carbocycles. The highest BCUT2D eigenvalue weighted by molar-refractivity contribution is 5.84. The average molecular weight is 465 g/mol. The van der Waals surface area contributed by atoms with Crippen LogP contribution in [0.15, 0.2) is 72.9 Å². The van der Waals surface area contributed by atoms with Crippen molar-refractivity contribution in [3.8, 4) is 0 Å². The van der Waals surface area contributed by atoms with Crippen LogP contribution in [0.5, 0.6) is 0 Å². The highest BCUT2D eigenvalue weighted by atomic mass is 19.1. The quantitative estimate of drug-likeness (QED) is 0.556. The number of carbonyl (C=O) groups is 2. The van der Waals surface area contributed by atoms with Crippen molar-refractivity contribution >= 4 is 11.9 Å². The zero-order chi connectivity index (χ0) is 23.9. The lowest BCUT2D eigenvalue weighted by Gasteiger charge is -2.38. The first-order valence-corrected chi connectivity index (χ1v) is 11.3. The second-order valence-electron chi connectivity index (χ2n) is 8.23. The summed E-state index contributed by atoms with van der Waals surface area (Å²) in [7, 11) is 1.56. The van der Waals surface area contributed by atoms with Crippen molar-refractivity contribution in [2.75, 3.05) is 33.4 Å². The molecule has 0 bridgehead atoms. The Labute approximate surface area is 198 Å². The minimum absolute atomic E-state index is 0.0810. The van der Waals surface area contributed by atoms with E-state index in [1.165, 1.54) is 17.0 Å². The monoisotopic (exact) mass is 464 g/mol. The van der Waals surface area contributed by atoms with E-state index in [0.717, 1.165) is 16.8 Å². The lowest BCUT2D eigenvalue weighted by atomic mass is 9.99. The molecule has 0 radical (unpaired) electrons. The number of carbonyl (C=O) groups excluding carboxylic acids is 2. The fraction of sp³-hybridized carbons (Fsp3) is 0.308. The molecule has 2 aromatic carbocycles. The van der Waals surface area contributed by atoms with E-state index < -0.39 is 0 Å². The van der Waals surface area contributed by atoms with Crippen LogP contribution in [-0.2, 0) is 22.6 Å². The molecule has 7 nitrogen and oxygen atoms in total. The standard InChI is InChI=1S/C26H29FN4O3/c1-34-17-16-30(26(33)28-18-20-6-3-2-4-7-20)19-24(32)31-15-14-29-13-5-8-23(29)25(31)21-9-11-22(27)12-10-21/h2-13,25H,14-19H2,1H3,(H,28,33). The van der Waals surface area contributed by atoms with Gasteiger partial charge in [-0.25, -0.2) is 9.18 Å². The molecule has 4 rings (SSSR count). The summed E-state index contributed by atoms with van der Waals surface area (Å²) in [6, 6.07) is 19.1. The van der Waals surface area contributed by atoms with Crippen molar-refractivity contribution in [2.45, 2.75) is 19.1 Å². The van der Waals surface area contributed by atoms with E-state index in [4.69, 9.17) is 4.74 Å². The maximum atomic E-state index is 13.6. The number of methoxy groups -OCH3 is 1. The zero-order valence-corrected chi connectivity index (χ0v) is 19.2. The molecule has 34 heavy (non-hydrogen) atoms. The van der Waals surface area contributed by atoms with Gasteiger partial charge in [0.15, 0.2) is 0 Å². The normalized spacial score (nSPS) is 15.0. The summed E-state index contributed by atoms with van der Waals surface area (Å²) in [4.78, 5) is 29.7. The largest absolute Gasteiger partial charge is 0.383 e. The first-order valence-electron chi connectivity index (χ1n) is 11.3. The average Bonchev–Trinajstić information content (AvgIpc) is 3.34. The van der Waals surface area contributed by atoms with Gasteiger partial charge in [0.05, 0.1) is 12.6 Å². The van der Waals surface area contributed by atoms with E-state index >= 15 is 0 Å². The second-order valence-corrected chi connectivity index (χ2v) is 8.23. The van der Waals surface area contributed by atoms with Gasteiger partial charge < -0.3 is 24.4 Å². The molecule has 3 amide bonds. The summed E-state index contributed by atoms with van der Waals surface area (Å²) in [5.41, 5.74) is 2.76. The number of amides is 3. The first-order chi connectivity index (χ1) is 16.6. The molecule has 2 heterocycles. The molecule has 0 saturated heterocycles. The van der Waals surface area contributed by atoms with Crippen molar-refractivity contribution in [3.05, 3.63) is 95.6 Å². The minimum atomic E-state index is -0.353. The molecule has 0 saturated carbocycles. The van der Waals surface area contributed by atoms with Gasteiger partial charge in [-0.15, -0.1) is 0 Å². The second kappa shape index (κ2) is 11.0. The number of ether oxygens (including phenoxy) is 1. The number of hydrogen-bond acceptors (Lipinski definition) is 3. The van der Waals surface area contributed by atoms with Gasteiger partial charge in [0.2, 0.25) is 5.91 Å². The molecular weight excluding hydrogens is 435 g/mol. The summed E-state index contributed by atoms with van der Waals surface area (Å²) < 4.78 is 20.8. The molecule has 1 aliphatic rings. The van der Waals surface area contributed by atoms with Crippen molar-refractivity contribution in [1.29, 1.82) is 0 Å². The van der Waals surface area contributed by atoms with Crippen LogP contribution in [0.4, 0.5) is 9.18 Å². The van der Waals surface area contributed by atoms with Gasteiger partial charge in [0.1, 0.15) is 12.4 Å². The number of halogens is 1. The predicted octanol–water partition coefficient (Wildman–Crippen LogP) is 3.42. The Hall–Kier alpha value is -3.65. The number of nitrogens with zero attached hydrogens (tertiary/aromatic N) is 3. The summed E-state index contributed by atoms with van der Waals surface area (Å²) in [5, 5.41) is 2.89. The van der Waals surface area contributed by atoms with Crippen molar-refractivity contribution in [2.24, 2.45) is 0 Å². The van der Waals surface area contributed by atoms with E-state index in [-0.39, 0.29) is 36.9 Å². The summed E-state index contributed by atoms with van der Waals surface area (Å²) >= 11 is 0. The van der Waals surface area contributed by atoms with Crippen LogP contribution >= 0.6 is 0 Å². The third kappa shape index (κ3) is 5.46. The molecule has 1 aromatic heterocycles.